The molecule has 2 aromatic heterocycles. The molecule has 3 heterocycles. The van der Waals surface area contributed by atoms with Gasteiger partial charge in [0.25, 0.3) is 0 Å². The van der Waals surface area contributed by atoms with Crippen molar-refractivity contribution in [3.8, 4) is 0 Å². The van der Waals surface area contributed by atoms with E-state index in [1.807, 2.05) is 17.5 Å². The number of amides is 2. The van der Waals surface area contributed by atoms with E-state index in [9.17, 15) is 9.59 Å². The molecule has 1 fully saturated rings. The van der Waals surface area contributed by atoms with Crippen LogP contribution in [0.2, 0.25) is 0 Å². The number of carbonyl (C=O) groups excluding carboxylic acids is 2. The molecule has 0 bridgehead atoms. The molecule has 2 aromatic rings. The van der Waals surface area contributed by atoms with Gasteiger partial charge in [-0.3, -0.25) is 4.79 Å². The molecule has 134 valence electrons. The number of hydrogen-bond acceptors (Lipinski definition) is 5. The molecule has 3 rings (SSSR count). The highest BCUT2D eigenvalue weighted by Crippen LogP contribution is 2.23. The zero-order valence-electron chi connectivity index (χ0n) is 14.4. The molecule has 1 aliphatic heterocycles. The van der Waals surface area contributed by atoms with E-state index < -0.39 is 0 Å². The third-order valence-corrected chi connectivity index (χ3v) is 6.26. The fourth-order valence-electron chi connectivity index (χ4n) is 3.01. The first-order valence-corrected chi connectivity index (χ1v) is 10.5. The number of carbonyl (C=O) groups is 2. The van der Waals surface area contributed by atoms with Gasteiger partial charge in [0.2, 0.25) is 0 Å². The van der Waals surface area contributed by atoms with Crippen molar-refractivity contribution in [1.82, 2.24) is 15.2 Å². The Kier molecular flexibility index (Phi) is 6.20. The summed E-state index contributed by atoms with van der Waals surface area (Å²) in [7, 11) is 0. The van der Waals surface area contributed by atoms with Crippen LogP contribution in [0.25, 0.3) is 0 Å². The van der Waals surface area contributed by atoms with Crippen molar-refractivity contribution in [3.05, 3.63) is 38.5 Å². The van der Waals surface area contributed by atoms with E-state index in [4.69, 9.17) is 0 Å². The van der Waals surface area contributed by atoms with Gasteiger partial charge in [0.1, 0.15) is 0 Å². The lowest BCUT2D eigenvalue weighted by Gasteiger charge is -2.31. The Labute approximate surface area is 156 Å². The quantitative estimate of drug-likeness (QED) is 0.782. The lowest BCUT2D eigenvalue weighted by molar-refractivity contribution is 0.0850. The molecule has 1 saturated heterocycles. The van der Waals surface area contributed by atoms with Gasteiger partial charge in [-0.25, -0.2) is 9.78 Å². The van der Waals surface area contributed by atoms with Gasteiger partial charge in [0.05, 0.1) is 15.6 Å². The molecule has 1 atom stereocenters. The average molecular weight is 378 g/mol. The van der Waals surface area contributed by atoms with Crippen molar-refractivity contribution >= 4 is 34.5 Å². The van der Waals surface area contributed by atoms with E-state index in [0.717, 1.165) is 47.8 Å². The summed E-state index contributed by atoms with van der Waals surface area (Å²) < 4.78 is 0. The van der Waals surface area contributed by atoms with Crippen LogP contribution in [0.4, 0.5) is 4.79 Å². The van der Waals surface area contributed by atoms with Crippen molar-refractivity contribution in [2.24, 2.45) is 5.92 Å². The van der Waals surface area contributed by atoms with Gasteiger partial charge in [0, 0.05) is 37.4 Å². The van der Waals surface area contributed by atoms with Crippen LogP contribution in [-0.4, -0.2) is 41.3 Å². The van der Waals surface area contributed by atoms with Gasteiger partial charge < -0.3 is 10.2 Å². The SMILES string of the molecule is CCc1csc(CCNC(=O)N2CCC[C@H](C(=O)c3cccs3)C2)n1. The van der Waals surface area contributed by atoms with Crippen LogP contribution in [0.15, 0.2) is 22.9 Å². The van der Waals surface area contributed by atoms with Gasteiger partial charge in [-0.1, -0.05) is 13.0 Å². The van der Waals surface area contributed by atoms with Crippen LogP contribution in [-0.2, 0) is 12.8 Å². The van der Waals surface area contributed by atoms with E-state index in [1.54, 1.807) is 16.2 Å². The molecule has 1 N–H and O–H groups in total. The Morgan fingerprint density at radius 2 is 2.28 bits per heavy atom. The molecule has 25 heavy (non-hydrogen) atoms. The van der Waals surface area contributed by atoms with Gasteiger partial charge >= 0.3 is 6.03 Å². The lowest BCUT2D eigenvalue weighted by Crippen LogP contribution is -2.47. The molecular formula is C18H23N3O2S2. The number of ketones is 1. The van der Waals surface area contributed by atoms with Crippen molar-refractivity contribution < 1.29 is 9.59 Å². The van der Waals surface area contributed by atoms with Crippen molar-refractivity contribution in [2.75, 3.05) is 19.6 Å². The molecule has 2 amide bonds. The molecule has 0 aliphatic carbocycles. The molecular weight excluding hydrogens is 354 g/mol. The van der Waals surface area contributed by atoms with Gasteiger partial charge in [0.15, 0.2) is 5.78 Å². The Hall–Kier alpha value is -1.73. The number of rotatable bonds is 6. The second-order valence-corrected chi connectivity index (χ2v) is 8.09. The van der Waals surface area contributed by atoms with E-state index in [-0.39, 0.29) is 17.7 Å². The highest BCUT2D eigenvalue weighted by Gasteiger charge is 2.29. The Bertz CT molecular complexity index is 712. The third-order valence-electron chi connectivity index (χ3n) is 4.42. The Morgan fingerprint density at radius 1 is 1.40 bits per heavy atom. The maximum absolute atomic E-state index is 12.5. The summed E-state index contributed by atoms with van der Waals surface area (Å²) >= 11 is 3.12. The predicted molar refractivity (Wildman–Crippen MR) is 102 cm³/mol. The molecule has 0 saturated carbocycles. The smallest absolute Gasteiger partial charge is 0.317 e. The molecule has 7 heteroatoms. The fraction of sp³-hybridized carbons (Fsp3) is 0.500. The highest BCUT2D eigenvalue weighted by atomic mass is 32.1. The van der Waals surface area contributed by atoms with Gasteiger partial charge in [-0.2, -0.15) is 0 Å². The number of nitrogens with zero attached hydrogens (tertiary/aromatic N) is 2. The summed E-state index contributed by atoms with van der Waals surface area (Å²) in [4.78, 5) is 32.0. The van der Waals surface area contributed by atoms with Crippen LogP contribution < -0.4 is 5.32 Å². The molecule has 1 aliphatic rings. The van der Waals surface area contributed by atoms with E-state index in [2.05, 4.69) is 22.6 Å². The van der Waals surface area contributed by atoms with Crippen LogP contribution in [0.5, 0.6) is 0 Å². The largest absolute Gasteiger partial charge is 0.338 e. The minimum absolute atomic E-state index is 0.0732. The molecule has 0 unspecified atom stereocenters. The third kappa shape index (κ3) is 4.67. The minimum atomic E-state index is -0.0794. The highest BCUT2D eigenvalue weighted by molar-refractivity contribution is 7.12. The average Bonchev–Trinajstić information content (AvgIpc) is 3.33. The first-order valence-electron chi connectivity index (χ1n) is 8.71. The number of hydrogen-bond donors (Lipinski definition) is 1. The number of nitrogens with one attached hydrogen (secondary N) is 1. The van der Waals surface area contributed by atoms with Crippen molar-refractivity contribution in [2.45, 2.75) is 32.6 Å². The number of piperidine rings is 1. The number of Topliss-reactive ketones (excluding diaryl/α,β-unsaturated/α-hetero) is 1. The zero-order chi connectivity index (χ0) is 17.6. The minimum Gasteiger partial charge on any atom is -0.338 e. The second-order valence-electron chi connectivity index (χ2n) is 6.19. The predicted octanol–water partition coefficient (Wildman–Crippen LogP) is 3.61. The number of aromatic nitrogens is 1. The van der Waals surface area contributed by atoms with E-state index >= 15 is 0 Å². The zero-order valence-corrected chi connectivity index (χ0v) is 16.0. The standard InChI is InChI=1S/C18H23N3O2S2/c1-2-14-12-25-16(20-14)7-8-19-18(23)21-9-3-5-13(11-21)17(22)15-6-4-10-24-15/h4,6,10,12-13H,2-3,5,7-9,11H2,1H3,(H,19,23)/t13-/m0/s1. The normalized spacial score (nSPS) is 17.5. The summed E-state index contributed by atoms with van der Waals surface area (Å²) in [5, 5.41) is 8.02. The van der Waals surface area contributed by atoms with Crippen molar-refractivity contribution in [3.63, 3.8) is 0 Å². The summed E-state index contributed by atoms with van der Waals surface area (Å²) in [6.45, 7) is 3.90. The van der Waals surface area contributed by atoms with Crippen LogP contribution in [0, 0.1) is 5.92 Å². The maximum atomic E-state index is 12.5. The van der Waals surface area contributed by atoms with Gasteiger partial charge in [-0.15, -0.1) is 22.7 Å². The van der Waals surface area contributed by atoms with Crippen LogP contribution in [0.3, 0.4) is 0 Å². The van der Waals surface area contributed by atoms with Crippen molar-refractivity contribution in [1.29, 1.82) is 0 Å². The first-order chi connectivity index (χ1) is 12.2. The number of likely N-dealkylation sites (tertiary alicyclic amines) is 1. The number of urea groups is 1. The van der Waals surface area contributed by atoms with Gasteiger partial charge in [-0.05, 0) is 30.7 Å². The number of aryl methyl sites for hydroxylation is 1. The topological polar surface area (TPSA) is 62.3 Å². The number of thiophene rings is 1. The molecule has 5 nitrogen and oxygen atoms in total. The van der Waals surface area contributed by atoms with E-state index in [0.29, 0.717) is 13.1 Å². The molecule has 0 radical (unpaired) electrons. The monoisotopic (exact) mass is 377 g/mol. The second kappa shape index (κ2) is 8.58. The van der Waals surface area contributed by atoms with E-state index in [1.165, 1.54) is 11.3 Å². The summed E-state index contributed by atoms with van der Waals surface area (Å²) in [6, 6.07) is 3.69. The summed E-state index contributed by atoms with van der Waals surface area (Å²) in [6.07, 6.45) is 3.43. The lowest BCUT2D eigenvalue weighted by atomic mass is 9.93. The number of thiazole rings is 1. The Balaban J connectivity index is 1.47. The summed E-state index contributed by atoms with van der Waals surface area (Å²) in [5.74, 6) is 0.0894. The van der Waals surface area contributed by atoms with Crippen LogP contribution in [0.1, 0.15) is 40.1 Å². The Morgan fingerprint density at radius 3 is 3.00 bits per heavy atom. The summed E-state index contributed by atoms with van der Waals surface area (Å²) in [5.41, 5.74) is 1.11. The molecule has 0 spiro atoms. The first kappa shape index (κ1) is 18.1. The maximum Gasteiger partial charge on any atom is 0.317 e. The van der Waals surface area contributed by atoms with Crippen LogP contribution >= 0.6 is 22.7 Å². The fourth-order valence-corrected chi connectivity index (χ4v) is 4.63. The molecule has 0 aromatic carbocycles.